The number of benzene rings is 8. The Hall–Kier alpha value is -7.82. The SMILES string of the molecule is CC1CC(c2ccccc2)=CC=C1c1ccc2c(c1)c1cc(N(c3ccccc3)c3ccc(-c4nc5ccccc5nc4-c4ccccc4)cc3)ccc1n2-c1ccccc1. The molecule has 0 N–H and O–H groups in total. The van der Waals surface area contributed by atoms with E-state index in [4.69, 9.17) is 9.97 Å². The molecule has 0 aliphatic heterocycles. The zero-order valence-corrected chi connectivity index (χ0v) is 33.9. The van der Waals surface area contributed by atoms with E-state index in [9.17, 15) is 0 Å². The molecule has 290 valence electrons. The summed E-state index contributed by atoms with van der Waals surface area (Å²) >= 11 is 0. The molecule has 8 aromatic carbocycles. The molecule has 0 radical (unpaired) electrons. The topological polar surface area (TPSA) is 34.0 Å². The van der Waals surface area contributed by atoms with Gasteiger partial charge >= 0.3 is 0 Å². The molecule has 0 fully saturated rings. The quantitative estimate of drug-likeness (QED) is 0.154. The predicted molar refractivity (Wildman–Crippen MR) is 256 cm³/mol. The van der Waals surface area contributed by atoms with Gasteiger partial charge in [0.1, 0.15) is 0 Å². The van der Waals surface area contributed by atoms with Crippen molar-refractivity contribution in [3.05, 3.63) is 230 Å². The maximum Gasteiger partial charge on any atom is 0.0973 e. The largest absolute Gasteiger partial charge is 0.310 e. The van der Waals surface area contributed by atoms with Crippen LogP contribution in [0.15, 0.2) is 218 Å². The molecular formula is C57H42N4. The lowest BCUT2D eigenvalue weighted by Gasteiger charge is -2.26. The number of rotatable bonds is 8. The van der Waals surface area contributed by atoms with Gasteiger partial charge in [-0.05, 0) is 113 Å². The third kappa shape index (κ3) is 6.69. The van der Waals surface area contributed by atoms with E-state index < -0.39 is 0 Å². The second kappa shape index (κ2) is 15.4. The van der Waals surface area contributed by atoms with Crippen LogP contribution < -0.4 is 4.90 Å². The molecular weight excluding hydrogens is 741 g/mol. The van der Waals surface area contributed by atoms with E-state index in [-0.39, 0.29) is 0 Å². The van der Waals surface area contributed by atoms with Crippen molar-refractivity contribution in [1.29, 1.82) is 0 Å². The second-order valence-electron chi connectivity index (χ2n) is 15.9. The van der Waals surface area contributed by atoms with Crippen LogP contribution in [0.1, 0.15) is 24.5 Å². The first-order valence-electron chi connectivity index (χ1n) is 21.0. The minimum Gasteiger partial charge on any atom is -0.310 e. The minimum atomic E-state index is 0.386. The van der Waals surface area contributed by atoms with Gasteiger partial charge in [0.05, 0.1) is 33.5 Å². The summed E-state index contributed by atoms with van der Waals surface area (Å²) in [5.41, 5.74) is 17.6. The molecule has 10 aromatic rings. The summed E-state index contributed by atoms with van der Waals surface area (Å²) in [5.74, 6) is 0.386. The highest BCUT2D eigenvalue weighted by Crippen LogP contribution is 2.43. The van der Waals surface area contributed by atoms with Crippen LogP contribution in [-0.2, 0) is 0 Å². The fraction of sp³-hybridized carbons (Fsp3) is 0.0526. The molecule has 1 aliphatic carbocycles. The van der Waals surface area contributed by atoms with Crippen molar-refractivity contribution >= 4 is 61.0 Å². The molecule has 0 amide bonds. The van der Waals surface area contributed by atoms with Crippen molar-refractivity contribution in [3.63, 3.8) is 0 Å². The normalized spacial score (nSPS) is 14.0. The van der Waals surface area contributed by atoms with Gasteiger partial charge in [-0.2, -0.15) is 0 Å². The van der Waals surface area contributed by atoms with E-state index >= 15 is 0 Å². The molecule has 1 unspecified atom stereocenters. The van der Waals surface area contributed by atoms with E-state index in [1.807, 2.05) is 30.3 Å². The van der Waals surface area contributed by atoms with Gasteiger partial charge in [0.15, 0.2) is 0 Å². The van der Waals surface area contributed by atoms with Crippen molar-refractivity contribution in [2.24, 2.45) is 5.92 Å². The van der Waals surface area contributed by atoms with E-state index in [0.29, 0.717) is 5.92 Å². The molecule has 0 saturated carbocycles. The van der Waals surface area contributed by atoms with Crippen LogP contribution in [0.3, 0.4) is 0 Å². The summed E-state index contributed by atoms with van der Waals surface area (Å²) in [7, 11) is 0. The maximum atomic E-state index is 5.18. The van der Waals surface area contributed by atoms with E-state index in [2.05, 4.69) is 204 Å². The number of aromatic nitrogens is 3. The highest BCUT2D eigenvalue weighted by Gasteiger charge is 2.22. The van der Waals surface area contributed by atoms with Gasteiger partial charge in [-0.1, -0.05) is 146 Å². The van der Waals surface area contributed by atoms with Crippen molar-refractivity contribution in [2.75, 3.05) is 4.90 Å². The van der Waals surface area contributed by atoms with Crippen molar-refractivity contribution in [3.8, 4) is 28.2 Å². The maximum absolute atomic E-state index is 5.18. The van der Waals surface area contributed by atoms with Gasteiger partial charge in [-0.25, -0.2) is 9.97 Å². The van der Waals surface area contributed by atoms with Gasteiger partial charge in [0, 0.05) is 44.6 Å². The third-order valence-corrected chi connectivity index (χ3v) is 12.1. The van der Waals surface area contributed by atoms with Crippen LogP contribution >= 0.6 is 0 Å². The van der Waals surface area contributed by atoms with Gasteiger partial charge in [0.25, 0.3) is 0 Å². The smallest absolute Gasteiger partial charge is 0.0973 e. The molecule has 0 saturated heterocycles. The second-order valence-corrected chi connectivity index (χ2v) is 15.9. The Balaban J connectivity index is 1.05. The third-order valence-electron chi connectivity index (χ3n) is 12.1. The highest BCUT2D eigenvalue weighted by molar-refractivity contribution is 6.11. The standard InChI is InChI=1S/C57H42N4/c1-39-36-43(40-16-6-2-7-17-40)28-33-49(39)44-29-34-54-50(37-44)51-38-48(32-35-55(51)61(54)46-22-12-5-13-23-46)60(45-20-10-4-11-21-45)47-30-26-42(27-31-47)57-56(41-18-8-3-9-19-41)58-52-24-14-15-25-53(52)59-57/h2-35,37-39H,36H2,1H3. The molecule has 2 aromatic heterocycles. The summed E-state index contributed by atoms with van der Waals surface area (Å²) < 4.78 is 2.40. The first-order valence-corrected chi connectivity index (χ1v) is 21.0. The fourth-order valence-electron chi connectivity index (χ4n) is 9.09. The molecule has 0 spiro atoms. The minimum absolute atomic E-state index is 0.386. The summed E-state index contributed by atoms with van der Waals surface area (Å²) in [4.78, 5) is 12.7. The van der Waals surface area contributed by atoms with Crippen LogP contribution in [0.4, 0.5) is 17.1 Å². The lowest BCUT2D eigenvalue weighted by Crippen LogP contribution is -2.09. The van der Waals surface area contributed by atoms with Crippen molar-refractivity contribution in [2.45, 2.75) is 13.3 Å². The average molecular weight is 783 g/mol. The number of anilines is 3. The molecule has 1 atom stereocenters. The Labute approximate surface area is 356 Å². The monoisotopic (exact) mass is 782 g/mol. The molecule has 0 bridgehead atoms. The average Bonchev–Trinajstić information content (AvgIpc) is 3.65. The Bertz CT molecular complexity index is 3260. The van der Waals surface area contributed by atoms with Gasteiger partial charge in [-0.15, -0.1) is 0 Å². The summed E-state index contributed by atoms with van der Waals surface area (Å²) in [5, 5.41) is 2.44. The molecule has 4 heteroatoms. The van der Waals surface area contributed by atoms with Crippen LogP contribution in [0.25, 0.3) is 72.2 Å². The molecule has 4 nitrogen and oxygen atoms in total. The van der Waals surface area contributed by atoms with Gasteiger partial charge in [-0.3, -0.25) is 0 Å². The number of allylic oxidation sites excluding steroid dienone is 4. The zero-order valence-electron chi connectivity index (χ0n) is 33.9. The summed E-state index contributed by atoms with van der Waals surface area (Å²) in [6.07, 6.45) is 5.67. The van der Waals surface area contributed by atoms with Crippen LogP contribution in [-0.4, -0.2) is 14.5 Å². The number of fused-ring (bicyclic) bond motifs is 4. The number of hydrogen-bond acceptors (Lipinski definition) is 3. The first-order chi connectivity index (χ1) is 30.2. The van der Waals surface area contributed by atoms with Crippen molar-refractivity contribution < 1.29 is 0 Å². The highest BCUT2D eigenvalue weighted by atomic mass is 15.1. The summed E-state index contributed by atoms with van der Waals surface area (Å²) in [6.45, 7) is 2.36. The Morgan fingerprint density at radius 3 is 1.57 bits per heavy atom. The van der Waals surface area contributed by atoms with E-state index in [1.165, 1.54) is 44.1 Å². The lowest BCUT2D eigenvalue weighted by atomic mass is 9.82. The van der Waals surface area contributed by atoms with Crippen molar-refractivity contribution in [1.82, 2.24) is 14.5 Å². The van der Waals surface area contributed by atoms with Gasteiger partial charge < -0.3 is 9.47 Å². The number of para-hydroxylation sites is 4. The Morgan fingerprint density at radius 2 is 0.934 bits per heavy atom. The summed E-state index contributed by atoms with van der Waals surface area (Å²) in [6, 6.07) is 73.3. The van der Waals surface area contributed by atoms with Crippen LogP contribution in [0, 0.1) is 5.92 Å². The van der Waals surface area contributed by atoms with Crippen LogP contribution in [0.2, 0.25) is 0 Å². The zero-order chi connectivity index (χ0) is 40.7. The molecule has 61 heavy (non-hydrogen) atoms. The lowest BCUT2D eigenvalue weighted by molar-refractivity contribution is 0.771. The predicted octanol–water partition coefficient (Wildman–Crippen LogP) is 15.0. The number of hydrogen-bond donors (Lipinski definition) is 0. The Kier molecular flexibility index (Phi) is 9.16. The van der Waals surface area contributed by atoms with Crippen LogP contribution in [0.5, 0.6) is 0 Å². The molecule has 11 rings (SSSR count). The molecule has 1 aliphatic rings. The first kappa shape index (κ1) is 36.3. The number of nitrogens with zero attached hydrogens (tertiary/aromatic N) is 4. The van der Waals surface area contributed by atoms with E-state index in [0.717, 1.165) is 62.7 Å². The Morgan fingerprint density at radius 1 is 0.443 bits per heavy atom. The molecule has 2 heterocycles. The van der Waals surface area contributed by atoms with Gasteiger partial charge in [0.2, 0.25) is 0 Å². The fourth-order valence-corrected chi connectivity index (χ4v) is 9.09. The van der Waals surface area contributed by atoms with E-state index in [1.54, 1.807) is 0 Å².